The molecule has 10 heteroatoms. The molecule has 196 valence electrons. The average Bonchev–Trinajstić information content (AvgIpc) is 3.29. The molecule has 38 heavy (non-hydrogen) atoms. The Hall–Kier alpha value is -4.18. The van der Waals surface area contributed by atoms with Crippen LogP contribution in [0.15, 0.2) is 55.0 Å². The SMILES string of the molecule is C[C@H]1CCOc2c(cnn2C)-c2nccc(n2)Nc2cc(c(-c3ccc(N4CCN(C)CC4)cc3)cn2)O1. The molecule has 1 fully saturated rings. The third kappa shape index (κ3) is 4.99. The van der Waals surface area contributed by atoms with Crippen molar-refractivity contribution in [2.75, 3.05) is 50.1 Å². The average molecular weight is 513 g/mol. The van der Waals surface area contributed by atoms with Crippen molar-refractivity contribution in [2.45, 2.75) is 19.4 Å². The highest BCUT2D eigenvalue weighted by atomic mass is 16.5. The van der Waals surface area contributed by atoms with E-state index in [0.717, 1.165) is 48.6 Å². The van der Waals surface area contributed by atoms with E-state index in [0.29, 0.717) is 36.4 Å². The summed E-state index contributed by atoms with van der Waals surface area (Å²) in [6, 6.07) is 12.4. The Labute approximate surface area is 222 Å². The molecule has 10 nitrogen and oxygen atoms in total. The molecule has 0 aliphatic carbocycles. The van der Waals surface area contributed by atoms with Gasteiger partial charge in [0.1, 0.15) is 22.9 Å². The summed E-state index contributed by atoms with van der Waals surface area (Å²) in [5.41, 5.74) is 3.98. The minimum Gasteiger partial charge on any atom is -0.490 e. The maximum absolute atomic E-state index is 6.47. The third-order valence-electron chi connectivity index (χ3n) is 7.04. The van der Waals surface area contributed by atoms with E-state index in [4.69, 9.17) is 14.5 Å². The smallest absolute Gasteiger partial charge is 0.222 e. The highest BCUT2D eigenvalue weighted by molar-refractivity contribution is 5.74. The molecular weight excluding hydrogens is 480 g/mol. The predicted octanol–water partition coefficient (Wildman–Crippen LogP) is 3.98. The highest BCUT2D eigenvalue weighted by Crippen LogP contribution is 2.35. The Balaban J connectivity index is 1.31. The first kappa shape index (κ1) is 24.2. The normalized spacial score (nSPS) is 18.0. The van der Waals surface area contributed by atoms with Gasteiger partial charge in [-0.05, 0) is 37.7 Å². The van der Waals surface area contributed by atoms with Crippen LogP contribution in [0.2, 0.25) is 0 Å². The first-order valence-corrected chi connectivity index (χ1v) is 13.0. The monoisotopic (exact) mass is 512 g/mol. The molecule has 0 radical (unpaired) electrons. The summed E-state index contributed by atoms with van der Waals surface area (Å²) in [4.78, 5) is 18.6. The fourth-order valence-electron chi connectivity index (χ4n) is 4.77. The molecule has 1 atom stereocenters. The molecular formula is C28H32N8O2. The van der Waals surface area contributed by atoms with Gasteiger partial charge in [0.05, 0.1) is 18.9 Å². The van der Waals surface area contributed by atoms with Crippen LogP contribution in [0.4, 0.5) is 17.3 Å². The van der Waals surface area contributed by atoms with Gasteiger partial charge in [0.25, 0.3) is 0 Å². The van der Waals surface area contributed by atoms with E-state index in [2.05, 4.69) is 68.4 Å². The van der Waals surface area contributed by atoms with Gasteiger partial charge in [-0.2, -0.15) is 5.10 Å². The molecule has 0 unspecified atom stereocenters. The minimum absolute atomic E-state index is 0.0812. The summed E-state index contributed by atoms with van der Waals surface area (Å²) < 4.78 is 14.3. The standard InChI is InChI=1S/C28H32N8O2/c1-19-9-15-37-28-23(18-31-35(28)3)27-29-10-8-25(33-27)32-26-16-24(38-19)22(17-30-26)20-4-6-21(7-5-20)36-13-11-34(2)12-14-36/h4-8,10,16-19H,9,11-15H2,1-3H3,(H,29,30,32,33)/t19-/m0/s1. The van der Waals surface area contributed by atoms with Gasteiger partial charge in [-0.1, -0.05) is 12.1 Å². The van der Waals surface area contributed by atoms with Crippen LogP contribution in [0.1, 0.15) is 13.3 Å². The first-order chi connectivity index (χ1) is 18.5. The van der Waals surface area contributed by atoms with Crippen molar-refractivity contribution in [2.24, 2.45) is 7.05 Å². The molecule has 6 rings (SSSR count). The largest absolute Gasteiger partial charge is 0.490 e. The molecule has 1 N–H and O–H groups in total. The van der Waals surface area contributed by atoms with Gasteiger partial charge in [0, 0.05) is 69.4 Å². The van der Waals surface area contributed by atoms with Crippen LogP contribution in [0, 0.1) is 0 Å². The molecule has 2 aliphatic heterocycles. The van der Waals surface area contributed by atoms with E-state index >= 15 is 0 Å². The molecule has 0 spiro atoms. The zero-order chi connectivity index (χ0) is 26.1. The summed E-state index contributed by atoms with van der Waals surface area (Å²) in [6.07, 6.45) is 5.91. The Morgan fingerprint density at radius 3 is 2.55 bits per heavy atom. The number of nitrogens with one attached hydrogen (secondary N) is 1. The fraction of sp³-hybridized carbons (Fsp3) is 0.357. The summed E-state index contributed by atoms with van der Waals surface area (Å²) in [5.74, 6) is 3.20. The number of rotatable bonds is 2. The van der Waals surface area contributed by atoms with Gasteiger partial charge in [-0.3, -0.25) is 0 Å². The van der Waals surface area contributed by atoms with Crippen molar-refractivity contribution in [1.82, 2.24) is 29.6 Å². The molecule has 0 amide bonds. The number of nitrogens with zero attached hydrogens (tertiary/aromatic N) is 7. The number of aromatic nitrogens is 5. The predicted molar refractivity (Wildman–Crippen MR) is 147 cm³/mol. The van der Waals surface area contributed by atoms with Crippen molar-refractivity contribution in [1.29, 1.82) is 0 Å². The molecule has 1 aromatic carbocycles. The molecule has 5 heterocycles. The van der Waals surface area contributed by atoms with Gasteiger partial charge in [0.15, 0.2) is 5.82 Å². The second kappa shape index (κ2) is 10.3. The second-order valence-corrected chi connectivity index (χ2v) is 9.85. The fourth-order valence-corrected chi connectivity index (χ4v) is 4.77. The molecule has 0 saturated carbocycles. The second-order valence-electron chi connectivity index (χ2n) is 9.85. The van der Waals surface area contributed by atoms with Crippen molar-refractivity contribution in [3.8, 4) is 34.1 Å². The van der Waals surface area contributed by atoms with Crippen molar-refractivity contribution < 1.29 is 9.47 Å². The van der Waals surface area contributed by atoms with E-state index in [1.54, 1.807) is 17.1 Å². The number of ether oxygens (including phenoxy) is 2. The number of benzene rings is 1. The van der Waals surface area contributed by atoms with E-state index in [-0.39, 0.29) is 6.10 Å². The quantitative estimate of drug-likeness (QED) is 0.428. The lowest BCUT2D eigenvalue weighted by atomic mass is 10.1. The van der Waals surface area contributed by atoms with Crippen LogP contribution < -0.4 is 19.7 Å². The first-order valence-electron chi connectivity index (χ1n) is 13.0. The Bertz CT molecular complexity index is 1410. The lowest BCUT2D eigenvalue weighted by Crippen LogP contribution is -2.44. The number of likely N-dealkylation sites (N-methyl/N-ethyl adjacent to an activating group) is 1. The molecule has 4 bridgehead atoms. The number of anilines is 3. The zero-order valence-electron chi connectivity index (χ0n) is 22.0. The minimum atomic E-state index is -0.0812. The summed E-state index contributed by atoms with van der Waals surface area (Å²) in [7, 11) is 4.02. The highest BCUT2D eigenvalue weighted by Gasteiger charge is 2.19. The number of pyridine rings is 1. The Morgan fingerprint density at radius 2 is 1.74 bits per heavy atom. The Morgan fingerprint density at radius 1 is 0.921 bits per heavy atom. The zero-order valence-corrected chi connectivity index (χ0v) is 22.0. The maximum Gasteiger partial charge on any atom is 0.222 e. The van der Waals surface area contributed by atoms with Gasteiger partial charge in [-0.25, -0.2) is 19.6 Å². The molecule has 2 aliphatic rings. The van der Waals surface area contributed by atoms with Gasteiger partial charge in [-0.15, -0.1) is 0 Å². The number of hydrogen-bond acceptors (Lipinski definition) is 9. The topological polar surface area (TPSA) is 93.5 Å². The van der Waals surface area contributed by atoms with Crippen molar-refractivity contribution in [3.05, 3.63) is 55.0 Å². The van der Waals surface area contributed by atoms with Crippen LogP contribution in [0.25, 0.3) is 22.5 Å². The maximum atomic E-state index is 6.47. The van der Waals surface area contributed by atoms with Crippen LogP contribution in [-0.4, -0.2) is 75.6 Å². The van der Waals surface area contributed by atoms with Crippen molar-refractivity contribution >= 4 is 17.3 Å². The number of fused-ring (bicyclic) bond motifs is 6. The van der Waals surface area contributed by atoms with Crippen LogP contribution in [0.5, 0.6) is 11.6 Å². The summed E-state index contributed by atoms with van der Waals surface area (Å²) in [6.45, 7) is 6.76. The number of hydrogen-bond donors (Lipinski definition) is 1. The van der Waals surface area contributed by atoms with Crippen LogP contribution in [-0.2, 0) is 7.05 Å². The lowest BCUT2D eigenvalue weighted by Gasteiger charge is -2.34. The number of aryl methyl sites for hydroxylation is 1. The lowest BCUT2D eigenvalue weighted by molar-refractivity contribution is 0.173. The van der Waals surface area contributed by atoms with Gasteiger partial charge >= 0.3 is 0 Å². The van der Waals surface area contributed by atoms with E-state index in [1.807, 2.05) is 25.4 Å². The van der Waals surface area contributed by atoms with E-state index < -0.39 is 0 Å². The van der Waals surface area contributed by atoms with Crippen LogP contribution >= 0.6 is 0 Å². The van der Waals surface area contributed by atoms with Gasteiger partial charge in [0.2, 0.25) is 5.88 Å². The summed E-state index contributed by atoms with van der Waals surface area (Å²) in [5, 5.41) is 7.65. The third-order valence-corrected chi connectivity index (χ3v) is 7.04. The number of piperazine rings is 1. The molecule has 4 aromatic rings. The van der Waals surface area contributed by atoms with Gasteiger partial charge < -0.3 is 24.6 Å². The molecule has 1 saturated heterocycles. The summed E-state index contributed by atoms with van der Waals surface area (Å²) >= 11 is 0. The van der Waals surface area contributed by atoms with Crippen molar-refractivity contribution in [3.63, 3.8) is 0 Å². The Kier molecular flexibility index (Phi) is 6.55. The van der Waals surface area contributed by atoms with E-state index in [1.165, 1.54) is 5.69 Å². The molecule has 3 aromatic heterocycles. The van der Waals surface area contributed by atoms with E-state index in [9.17, 15) is 0 Å². The van der Waals surface area contributed by atoms with Crippen LogP contribution in [0.3, 0.4) is 0 Å².